The number of aryl methyl sites for hydroxylation is 2. The van der Waals surface area contributed by atoms with Gasteiger partial charge in [0, 0.05) is 19.7 Å². The van der Waals surface area contributed by atoms with Crippen molar-refractivity contribution in [1.29, 1.82) is 0 Å². The first-order valence-corrected chi connectivity index (χ1v) is 7.99. The summed E-state index contributed by atoms with van der Waals surface area (Å²) in [6.45, 7) is 4.97. The van der Waals surface area contributed by atoms with Crippen molar-refractivity contribution in [3.05, 3.63) is 29.3 Å². The average Bonchev–Trinajstić information content (AvgIpc) is 2.82. The van der Waals surface area contributed by atoms with E-state index in [0.29, 0.717) is 18.0 Å². The molecular formula is C14H21NO3S. The summed E-state index contributed by atoms with van der Waals surface area (Å²) in [6, 6.07) is 5.28. The summed E-state index contributed by atoms with van der Waals surface area (Å²) in [4.78, 5) is 0.388. The van der Waals surface area contributed by atoms with Crippen LogP contribution in [0, 0.1) is 13.8 Å². The fourth-order valence-corrected chi connectivity index (χ4v) is 4.26. The van der Waals surface area contributed by atoms with E-state index in [0.717, 1.165) is 24.0 Å². The van der Waals surface area contributed by atoms with Crippen LogP contribution in [0.5, 0.6) is 0 Å². The quantitative estimate of drug-likeness (QED) is 0.850. The van der Waals surface area contributed by atoms with Gasteiger partial charge in [0.1, 0.15) is 0 Å². The predicted octanol–water partition coefficient (Wildman–Crippen LogP) is 2.10. The molecule has 0 N–H and O–H groups in total. The first kappa shape index (κ1) is 14.5. The second-order valence-corrected chi connectivity index (χ2v) is 7.00. The van der Waals surface area contributed by atoms with Crippen molar-refractivity contribution < 1.29 is 13.2 Å². The molecule has 1 saturated heterocycles. The Bertz CT molecular complexity index is 554. The van der Waals surface area contributed by atoms with E-state index in [9.17, 15) is 8.42 Å². The third-order valence-electron chi connectivity index (χ3n) is 3.77. The van der Waals surface area contributed by atoms with Gasteiger partial charge in [0.25, 0.3) is 0 Å². The van der Waals surface area contributed by atoms with Gasteiger partial charge in [0.2, 0.25) is 10.0 Å². The zero-order valence-corrected chi connectivity index (χ0v) is 12.5. The van der Waals surface area contributed by atoms with Crippen LogP contribution in [-0.2, 0) is 14.8 Å². The van der Waals surface area contributed by atoms with E-state index in [4.69, 9.17) is 4.74 Å². The minimum absolute atomic E-state index is 0.0309. The molecule has 0 bridgehead atoms. The Morgan fingerprint density at radius 3 is 2.68 bits per heavy atom. The lowest BCUT2D eigenvalue weighted by molar-refractivity contribution is 0.149. The summed E-state index contributed by atoms with van der Waals surface area (Å²) in [5, 5.41) is 0. The maximum atomic E-state index is 12.7. The van der Waals surface area contributed by atoms with Gasteiger partial charge in [-0.25, -0.2) is 8.42 Å². The van der Waals surface area contributed by atoms with E-state index in [1.807, 2.05) is 19.9 Å². The molecule has 0 spiro atoms. The molecule has 4 nitrogen and oxygen atoms in total. The fourth-order valence-electron chi connectivity index (χ4n) is 2.49. The lowest BCUT2D eigenvalue weighted by Crippen LogP contribution is -2.38. The van der Waals surface area contributed by atoms with Crippen LogP contribution in [0.1, 0.15) is 24.0 Å². The smallest absolute Gasteiger partial charge is 0.243 e. The van der Waals surface area contributed by atoms with Gasteiger partial charge in [-0.2, -0.15) is 4.31 Å². The largest absolute Gasteiger partial charge is 0.383 e. The molecule has 1 aliphatic rings. The molecule has 1 aliphatic heterocycles. The third-order valence-corrected chi connectivity index (χ3v) is 5.71. The highest BCUT2D eigenvalue weighted by Crippen LogP contribution is 2.27. The Kier molecular flexibility index (Phi) is 4.28. The molecule has 5 heteroatoms. The molecule has 0 amide bonds. The van der Waals surface area contributed by atoms with Gasteiger partial charge in [-0.05, 0) is 49.9 Å². The molecule has 19 heavy (non-hydrogen) atoms. The van der Waals surface area contributed by atoms with Crippen molar-refractivity contribution in [3.8, 4) is 0 Å². The molecule has 0 aromatic heterocycles. The van der Waals surface area contributed by atoms with Gasteiger partial charge in [0.05, 0.1) is 11.5 Å². The highest BCUT2D eigenvalue weighted by Gasteiger charge is 2.35. The van der Waals surface area contributed by atoms with Gasteiger partial charge in [-0.3, -0.25) is 0 Å². The standard InChI is InChI=1S/C14H21NO3S/c1-11-6-7-14(9-12(11)2)19(16,17)15-8-4-5-13(15)10-18-3/h6-7,9,13H,4-5,8,10H2,1-3H3. The number of ether oxygens (including phenoxy) is 1. The molecule has 1 fully saturated rings. The normalized spacial score (nSPS) is 20.9. The van der Waals surface area contributed by atoms with E-state index in [1.165, 1.54) is 0 Å². The van der Waals surface area contributed by atoms with Crippen molar-refractivity contribution >= 4 is 10.0 Å². The topological polar surface area (TPSA) is 46.6 Å². The summed E-state index contributed by atoms with van der Waals surface area (Å²) in [6.07, 6.45) is 1.77. The molecule has 0 radical (unpaired) electrons. The number of sulfonamides is 1. The van der Waals surface area contributed by atoms with Crippen LogP contribution < -0.4 is 0 Å². The number of hydrogen-bond donors (Lipinski definition) is 0. The monoisotopic (exact) mass is 283 g/mol. The van der Waals surface area contributed by atoms with Gasteiger partial charge in [0.15, 0.2) is 0 Å². The Morgan fingerprint density at radius 2 is 2.05 bits per heavy atom. The average molecular weight is 283 g/mol. The summed E-state index contributed by atoms with van der Waals surface area (Å²) in [5.41, 5.74) is 2.11. The molecule has 106 valence electrons. The van der Waals surface area contributed by atoms with Crippen LogP contribution in [0.3, 0.4) is 0 Å². The van der Waals surface area contributed by atoms with Crippen molar-refractivity contribution in [2.24, 2.45) is 0 Å². The Balaban J connectivity index is 2.33. The predicted molar refractivity (Wildman–Crippen MR) is 74.7 cm³/mol. The third kappa shape index (κ3) is 2.83. The maximum absolute atomic E-state index is 12.7. The van der Waals surface area contributed by atoms with Crippen LogP contribution in [0.25, 0.3) is 0 Å². The van der Waals surface area contributed by atoms with E-state index in [1.54, 1.807) is 23.5 Å². The second-order valence-electron chi connectivity index (χ2n) is 5.11. The fraction of sp³-hybridized carbons (Fsp3) is 0.571. The lowest BCUT2D eigenvalue weighted by Gasteiger charge is -2.23. The maximum Gasteiger partial charge on any atom is 0.243 e. The molecule has 1 heterocycles. The number of hydrogen-bond acceptors (Lipinski definition) is 3. The van der Waals surface area contributed by atoms with Crippen LogP contribution in [0.4, 0.5) is 0 Å². The van der Waals surface area contributed by atoms with Crippen LogP contribution in [0.2, 0.25) is 0 Å². The van der Waals surface area contributed by atoms with Gasteiger partial charge >= 0.3 is 0 Å². The SMILES string of the molecule is COCC1CCCN1S(=O)(=O)c1ccc(C)c(C)c1. The molecule has 1 aromatic rings. The van der Waals surface area contributed by atoms with Gasteiger partial charge < -0.3 is 4.74 Å². The van der Waals surface area contributed by atoms with E-state index < -0.39 is 10.0 Å². The highest BCUT2D eigenvalue weighted by atomic mass is 32.2. The number of rotatable bonds is 4. The molecular weight excluding hydrogens is 262 g/mol. The van der Waals surface area contributed by atoms with Crippen molar-refractivity contribution in [2.45, 2.75) is 37.6 Å². The van der Waals surface area contributed by atoms with Crippen LogP contribution in [-0.4, -0.2) is 39.0 Å². The first-order chi connectivity index (χ1) is 8.96. The lowest BCUT2D eigenvalue weighted by atomic mass is 10.1. The van der Waals surface area contributed by atoms with Gasteiger partial charge in [-0.15, -0.1) is 0 Å². The van der Waals surface area contributed by atoms with E-state index in [2.05, 4.69) is 0 Å². The van der Waals surface area contributed by atoms with Crippen molar-refractivity contribution in [1.82, 2.24) is 4.31 Å². The molecule has 2 rings (SSSR count). The number of methoxy groups -OCH3 is 1. The number of nitrogens with zero attached hydrogens (tertiary/aromatic N) is 1. The first-order valence-electron chi connectivity index (χ1n) is 6.55. The molecule has 1 atom stereocenters. The molecule has 1 unspecified atom stereocenters. The van der Waals surface area contributed by atoms with Gasteiger partial charge in [-0.1, -0.05) is 6.07 Å². The van der Waals surface area contributed by atoms with Crippen LogP contribution >= 0.6 is 0 Å². The highest BCUT2D eigenvalue weighted by molar-refractivity contribution is 7.89. The van der Waals surface area contributed by atoms with E-state index >= 15 is 0 Å². The van der Waals surface area contributed by atoms with Crippen molar-refractivity contribution in [2.75, 3.05) is 20.3 Å². The minimum Gasteiger partial charge on any atom is -0.383 e. The Labute approximate surface area is 115 Å². The minimum atomic E-state index is -3.40. The summed E-state index contributed by atoms with van der Waals surface area (Å²) < 4.78 is 32.0. The molecule has 0 aliphatic carbocycles. The summed E-state index contributed by atoms with van der Waals surface area (Å²) >= 11 is 0. The Morgan fingerprint density at radius 1 is 1.32 bits per heavy atom. The second kappa shape index (κ2) is 5.61. The van der Waals surface area contributed by atoms with Crippen LogP contribution in [0.15, 0.2) is 23.1 Å². The molecule has 1 aromatic carbocycles. The zero-order valence-electron chi connectivity index (χ0n) is 11.7. The van der Waals surface area contributed by atoms with E-state index in [-0.39, 0.29) is 6.04 Å². The van der Waals surface area contributed by atoms with Crippen molar-refractivity contribution in [3.63, 3.8) is 0 Å². The number of benzene rings is 1. The summed E-state index contributed by atoms with van der Waals surface area (Å²) in [7, 11) is -1.79. The molecule has 0 saturated carbocycles. The summed E-state index contributed by atoms with van der Waals surface area (Å²) in [5.74, 6) is 0. The Hall–Kier alpha value is -0.910. The zero-order chi connectivity index (χ0) is 14.0.